The molecule has 0 unspecified atom stereocenters. The van der Waals surface area contributed by atoms with Gasteiger partial charge in [0.15, 0.2) is 0 Å². The minimum atomic E-state index is -3.59. The first kappa shape index (κ1) is 22.2. The van der Waals surface area contributed by atoms with Crippen LogP contribution in [0.3, 0.4) is 0 Å². The standard InChI is InChI=1S/C22H24N2O4S2/c1-23(2)29(25,26)19-12-10-18(11-13-19)21-15-14-20(30(27,28)24(3)4)16-22(21)17-8-6-5-7-9-17/h5-16H,1-4H3. The predicted molar refractivity (Wildman–Crippen MR) is 119 cm³/mol. The molecule has 158 valence electrons. The molecule has 0 heterocycles. The van der Waals surface area contributed by atoms with Gasteiger partial charge in [-0.05, 0) is 46.5 Å². The Kier molecular flexibility index (Phi) is 6.14. The summed E-state index contributed by atoms with van der Waals surface area (Å²) in [7, 11) is -1.15. The van der Waals surface area contributed by atoms with Crippen LogP contribution in [-0.4, -0.2) is 53.6 Å². The van der Waals surface area contributed by atoms with Crippen molar-refractivity contribution in [3.8, 4) is 22.3 Å². The first-order chi connectivity index (χ1) is 14.0. The smallest absolute Gasteiger partial charge is 0.207 e. The van der Waals surface area contributed by atoms with Gasteiger partial charge in [0.2, 0.25) is 20.0 Å². The van der Waals surface area contributed by atoms with Gasteiger partial charge in [-0.2, -0.15) is 0 Å². The quantitative estimate of drug-likeness (QED) is 0.583. The molecule has 0 radical (unpaired) electrons. The van der Waals surface area contributed by atoms with E-state index in [1.165, 1.54) is 32.5 Å². The molecule has 3 rings (SSSR count). The Morgan fingerprint density at radius 1 is 0.533 bits per heavy atom. The molecule has 0 aliphatic heterocycles. The SMILES string of the molecule is CN(C)S(=O)(=O)c1ccc(-c2ccc(S(=O)(=O)N(C)C)cc2-c2ccccc2)cc1. The van der Waals surface area contributed by atoms with Crippen LogP contribution in [0.4, 0.5) is 0 Å². The van der Waals surface area contributed by atoms with Crippen LogP contribution >= 0.6 is 0 Å². The van der Waals surface area contributed by atoms with Gasteiger partial charge in [0.05, 0.1) is 9.79 Å². The lowest BCUT2D eigenvalue weighted by molar-refractivity contribution is 0.519. The van der Waals surface area contributed by atoms with Gasteiger partial charge in [-0.3, -0.25) is 0 Å². The van der Waals surface area contributed by atoms with E-state index >= 15 is 0 Å². The zero-order valence-corrected chi connectivity index (χ0v) is 18.9. The predicted octanol–water partition coefficient (Wildman–Crippen LogP) is 3.52. The number of hydrogen-bond acceptors (Lipinski definition) is 4. The van der Waals surface area contributed by atoms with Crippen LogP contribution in [0.15, 0.2) is 82.6 Å². The van der Waals surface area contributed by atoms with Crippen molar-refractivity contribution < 1.29 is 16.8 Å². The maximum atomic E-state index is 12.6. The molecule has 0 aliphatic carbocycles. The highest BCUT2D eigenvalue weighted by atomic mass is 32.2. The Morgan fingerprint density at radius 3 is 1.53 bits per heavy atom. The minimum absolute atomic E-state index is 0.196. The van der Waals surface area contributed by atoms with E-state index < -0.39 is 20.0 Å². The van der Waals surface area contributed by atoms with E-state index in [1.54, 1.807) is 42.5 Å². The van der Waals surface area contributed by atoms with Crippen molar-refractivity contribution in [2.75, 3.05) is 28.2 Å². The van der Waals surface area contributed by atoms with Crippen LogP contribution in [-0.2, 0) is 20.0 Å². The summed E-state index contributed by atoms with van der Waals surface area (Å²) in [6.07, 6.45) is 0. The van der Waals surface area contributed by atoms with E-state index in [0.29, 0.717) is 0 Å². The summed E-state index contributed by atoms with van der Waals surface area (Å²) in [5.41, 5.74) is 3.23. The van der Waals surface area contributed by atoms with E-state index in [0.717, 1.165) is 26.6 Å². The van der Waals surface area contributed by atoms with Crippen molar-refractivity contribution in [3.05, 3.63) is 72.8 Å². The van der Waals surface area contributed by atoms with Crippen LogP contribution in [0, 0.1) is 0 Å². The monoisotopic (exact) mass is 444 g/mol. The van der Waals surface area contributed by atoms with Crippen LogP contribution in [0.1, 0.15) is 0 Å². The second-order valence-corrected chi connectivity index (χ2v) is 11.5. The first-order valence-electron chi connectivity index (χ1n) is 9.20. The largest absolute Gasteiger partial charge is 0.242 e. The summed E-state index contributed by atoms with van der Waals surface area (Å²) >= 11 is 0. The highest BCUT2D eigenvalue weighted by Crippen LogP contribution is 2.35. The lowest BCUT2D eigenvalue weighted by atomic mass is 9.95. The lowest BCUT2D eigenvalue weighted by Gasteiger charge is -2.16. The topological polar surface area (TPSA) is 74.8 Å². The van der Waals surface area contributed by atoms with Crippen LogP contribution in [0.2, 0.25) is 0 Å². The number of rotatable bonds is 6. The van der Waals surface area contributed by atoms with E-state index in [2.05, 4.69) is 0 Å². The second kappa shape index (κ2) is 8.31. The fourth-order valence-electron chi connectivity index (χ4n) is 3.02. The molecule has 0 fully saturated rings. The lowest BCUT2D eigenvalue weighted by Crippen LogP contribution is -2.22. The zero-order valence-electron chi connectivity index (χ0n) is 17.3. The highest BCUT2D eigenvalue weighted by molar-refractivity contribution is 7.89. The molecule has 3 aromatic rings. The van der Waals surface area contributed by atoms with Gasteiger partial charge in [-0.15, -0.1) is 0 Å². The van der Waals surface area contributed by atoms with E-state index in [4.69, 9.17) is 0 Å². The van der Waals surface area contributed by atoms with Gasteiger partial charge in [0.25, 0.3) is 0 Å². The molecule has 0 spiro atoms. The average Bonchev–Trinajstić information content (AvgIpc) is 2.73. The summed E-state index contributed by atoms with van der Waals surface area (Å²) in [5.74, 6) is 0. The number of hydrogen-bond donors (Lipinski definition) is 0. The summed E-state index contributed by atoms with van der Waals surface area (Å²) in [6, 6.07) is 21.1. The van der Waals surface area contributed by atoms with Crippen LogP contribution < -0.4 is 0 Å². The number of sulfonamides is 2. The van der Waals surface area contributed by atoms with Crippen molar-refractivity contribution in [2.24, 2.45) is 0 Å². The van der Waals surface area contributed by atoms with Crippen molar-refractivity contribution in [3.63, 3.8) is 0 Å². The normalized spacial score (nSPS) is 12.5. The third-order valence-electron chi connectivity index (χ3n) is 4.80. The molecule has 0 bridgehead atoms. The van der Waals surface area contributed by atoms with Crippen molar-refractivity contribution in [1.82, 2.24) is 8.61 Å². The number of benzene rings is 3. The van der Waals surface area contributed by atoms with E-state index in [9.17, 15) is 16.8 Å². The Hall–Kier alpha value is -2.52. The van der Waals surface area contributed by atoms with Crippen molar-refractivity contribution in [1.29, 1.82) is 0 Å². The van der Waals surface area contributed by atoms with Gasteiger partial charge < -0.3 is 0 Å². The summed E-state index contributed by atoms with van der Waals surface area (Å²) in [4.78, 5) is 0.395. The van der Waals surface area contributed by atoms with Gasteiger partial charge in [0.1, 0.15) is 0 Å². The van der Waals surface area contributed by atoms with Crippen LogP contribution in [0.5, 0.6) is 0 Å². The molecule has 6 nitrogen and oxygen atoms in total. The molecular formula is C22H24N2O4S2. The molecule has 8 heteroatoms. The number of nitrogens with zero attached hydrogens (tertiary/aromatic N) is 2. The fraction of sp³-hybridized carbons (Fsp3) is 0.182. The van der Waals surface area contributed by atoms with Gasteiger partial charge in [-0.1, -0.05) is 48.5 Å². The zero-order chi connectivity index (χ0) is 22.1. The molecule has 3 aromatic carbocycles. The molecule has 0 atom stereocenters. The molecule has 0 amide bonds. The summed E-state index contributed by atoms with van der Waals surface area (Å²) in [5, 5.41) is 0. The fourth-order valence-corrected chi connectivity index (χ4v) is 4.85. The van der Waals surface area contributed by atoms with Crippen LogP contribution in [0.25, 0.3) is 22.3 Å². The molecular weight excluding hydrogens is 420 g/mol. The molecule has 0 aromatic heterocycles. The minimum Gasteiger partial charge on any atom is -0.207 e. The molecule has 0 N–H and O–H groups in total. The molecule has 30 heavy (non-hydrogen) atoms. The Balaban J connectivity index is 2.18. The van der Waals surface area contributed by atoms with E-state index in [1.807, 2.05) is 30.3 Å². The molecule has 0 saturated heterocycles. The molecule has 0 saturated carbocycles. The Labute approximate surface area is 178 Å². The highest BCUT2D eigenvalue weighted by Gasteiger charge is 2.21. The van der Waals surface area contributed by atoms with E-state index in [-0.39, 0.29) is 9.79 Å². The Bertz CT molecular complexity index is 1250. The third-order valence-corrected chi connectivity index (χ3v) is 8.44. The van der Waals surface area contributed by atoms with Gasteiger partial charge >= 0.3 is 0 Å². The summed E-state index contributed by atoms with van der Waals surface area (Å²) in [6.45, 7) is 0. The Morgan fingerprint density at radius 2 is 1.00 bits per heavy atom. The second-order valence-electron chi connectivity index (χ2n) is 7.17. The maximum absolute atomic E-state index is 12.6. The maximum Gasteiger partial charge on any atom is 0.242 e. The third kappa shape index (κ3) is 4.17. The molecule has 0 aliphatic rings. The van der Waals surface area contributed by atoms with Crippen molar-refractivity contribution >= 4 is 20.0 Å². The average molecular weight is 445 g/mol. The van der Waals surface area contributed by atoms with Gasteiger partial charge in [-0.25, -0.2) is 25.4 Å². The van der Waals surface area contributed by atoms with Crippen molar-refractivity contribution in [2.45, 2.75) is 9.79 Å². The van der Waals surface area contributed by atoms with Gasteiger partial charge in [0, 0.05) is 28.2 Å². The first-order valence-corrected chi connectivity index (χ1v) is 12.1. The summed E-state index contributed by atoms with van der Waals surface area (Å²) < 4.78 is 52.3.